The number of ether oxygens (including phenoxy) is 2. The maximum absolute atomic E-state index is 10.7. The molecule has 1 atom stereocenters. The number of hydrogen-bond donors (Lipinski definition) is 1. The number of carbonyl (C=O) groups is 1. The molecule has 2 rings (SSSR count). The molecule has 5 nitrogen and oxygen atoms in total. The average molecular weight is 334 g/mol. The molecule has 0 spiro atoms. The lowest BCUT2D eigenvalue weighted by molar-refractivity contribution is -0.142. The van der Waals surface area contributed by atoms with E-state index in [0.29, 0.717) is 42.1 Å². The summed E-state index contributed by atoms with van der Waals surface area (Å²) in [5, 5.41) is 9.74. The number of para-hydroxylation sites is 1. The molecule has 1 aliphatic heterocycles. The molecule has 1 unspecified atom stereocenters. The van der Waals surface area contributed by atoms with Crippen molar-refractivity contribution in [1.29, 1.82) is 0 Å². The van der Waals surface area contributed by atoms with Gasteiger partial charge in [0.1, 0.15) is 6.61 Å². The first-order chi connectivity index (χ1) is 10.1. The minimum Gasteiger partial charge on any atom is -0.489 e. The van der Waals surface area contributed by atoms with Gasteiger partial charge in [0.15, 0.2) is 5.75 Å². The van der Waals surface area contributed by atoms with Crippen molar-refractivity contribution in [1.82, 2.24) is 4.90 Å². The summed E-state index contributed by atoms with van der Waals surface area (Å²) in [5.74, 6) is -0.364. The maximum atomic E-state index is 10.7. The highest BCUT2D eigenvalue weighted by molar-refractivity contribution is 6.37. The van der Waals surface area contributed by atoms with E-state index in [2.05, 4.69) is 4.90 Å². The van der Waals surface area contributed by atoms with Gasteiger partial charge in [0, 0.05) is 19.6 Å². The van der Waals surface area contributed by atoms with Crippen molar-refractivity contribution >= 4 is 29.2 Å². The largest absolute Gasteiger partial charge is 0.489 e. The van der Waals surface area contributed by atoms with E-state index in [1.165, 1.54) is 0 Å². The second-order valence-corrected chi connectivity index (χ2v) is 5.60. The highest BCUT2D eigenvalue weighted by Crippen LogP contribution is 2.32. The van der Waals surface area contributed by atoms with Crippen molar-refractivity contribution in [3.05, 3.63) is 28.2 Å². The lowest BCUT2D eigenvalue weighted by Gasteiger charge is -2.32. The first-order valence-corrected chi connectivity index (χ1v) is 7.44. The van der Waals surface area contributed by atoms with Crippen molar-refractivity contribution in [2.45, 2.75) is 12.5 Å². The molecular weight excluding hydrogens is 317 g/mol. The van der Waals surface area contributed by atoms with E-state index in [-0.39, 0.29) is 12.5 Å². The first kappa shape index (κ1) is 16.4. The van der Waals surface area contributed by atoms with Crippen LogP contribution in [0.5, 0.6) is 5.75 Å². The molecule has 0 radical (unpaired) electrons. The van der Waals surface area contributed by atoms with Crippen LogP contribution in [0, 0.1) is 0 Å². The summed E-state index contributed by atoms with van der Waals surface area (Å²) in [4.78, 5) is 12.8. The number of nitrogens with zero attached hydrogens (tertiary/aromatic N) is 1. The second kappa shape index (κ2) is 7.84. The van der Waals surface area contributed by atoms with E-state index in [0.717, 1.165) is 6.54 Å². The van der Waals surface area contributed by atoms with Crippen molar-refractivity contribution < 1.29 is 19.4 Å². The van der Waals surface area contributed by atoms with Gasteiger partial charge in [-0.05, 0) is 12.1 Å². The van der Waals surface area contributed by atoms with E-state index >= 15 is 0 Å². The number of benzene rings is 1. The molecule has 0 aromatic heterocycles. The quantitative estimate of drug-likeness (QED) is 0.866. The Morgan fingerprint density at radius 1 is 1.43 bits per heavy atom. The third kappa shape index (κ3) is 5.04. The monoisotopic (exact) mass is 333 g/mol. The molecule has 0 saturated carbocycles. The lowest BCUT2D eigenvalue weighted by Crippen LogP contribution is -2.44. The van der Waals surface area contributed by atoms with Crippen molar-refractivity contribution in [3.8, 4) is 5.75 Å². The molecule has 1 aliphatic rings. The van der Waals surface area contributed by atoms with Gasteiger partial charge >= 0.3 is 5.97 Å². The molecule has 1 fully saturated rings. The minimum atomic E-state index is -0.846. The smallest absolute Gasteiger partial charge is 0.306 e. The Hall–Kier alpha value is -1.01. The SMILES string of the molecule is O=C(O)CC1CN(CCOc2c(Cl)cccc2Cl)CCO1. The van der Waals surface area contributed by atoms with Gasteiger partial charge in [-0.1, -0.05) is 29.3 Å². The Kier molecular flexibility index (Phi) is 6.11. The van der Waals surface area contributed by atoms with Crippen LogP contribution in [-0.4, -0.2) is 54.9 Å². The fourth-order valence-electron chi connectivity index (χ4n) is 2.20. The van der Waals surface area contributed by atoms with Crippen LogP contribution < -0.4 is 4.74 Å². The van der Waals surface area contributed by atoms with E-state index in [1.807, 2.05) is 0 Å². The molecule has 1 heterocycles. The average Bonchev–Trinajstić information content (AvgIpc) is 2.42. The van der Waals surface area contributed by atoms with Gasteiger partial charge in [-0.25, -0.2) is 0 Å². The number of halogens is 2. The normalized spacial score (nSPS) is 19.4. The number of hydrogen-bond acceptors (Lipinski definition) is 4. The van der Waals surface area contributed by atoms with Gasteiger partial charge in [-0.15, -0.1) is 0 Å². The van der Waals surface area contributed by atoms with Gasteiger partial charge in [0.25, 0.3) is 0 Å². The zero-order valence-corrected chi connectivity index (χ0v) is 12.9. The Morgan fingerprint density at radius 3 is 2.81 bits per heavy atom. The summed E-state index contributed by atoms with van der Waals surface area (Å²) in [6, 6.07) is 5.21. The van der Waals surface area contributed by atoms with Crippen LogP contribution in [0.15, 0.2) is 18.2 Å². The van der Waals surface area contributed by atoms with Crippen molar-refractivity contribution in [2.24, 2.45) is 0 Å². The standard InChI is InChI=1S/C14H17Cl2NO4/c15-11-2-1-3-12(16)14(11)21-7-5-17-4-6-20-10(9-17)8-13(18)19/h1-3,10H,4-9H2,(H,18,19). The van der Waals surface area contributed by atoms with Crippen LogP contribution >= 0.6 is 23.2 Å². The fraction of sp³-hybridized carbons (Fsp3) is 0.500. The fourth-order valence-corrected chi connectivity index (χ4v) is 2.71. The highest BCUT2D eigenvalue weighted by Gasteiger charge is 2.22. The number of aliphatic carboxylic acids is 1. The highest BCUT2D eigenvalue weighted by atomic mass is 35.5. The van der Waals surface area contributed by atoms with Gasteiger partial charge in [-0.2, -0.15) is 0 Å². The Bertz CT molecular complexity index is 478. The number of carboxylic acid groups (broad SMARTS) is 1. The zero-order chi connectivity index (χ0) is 15.2. The molecule has 21 heavy (non-hydrogen) atoms. The van der Waals surface area contributed by atoms with Gasteiger partial charge in [0.2, 0.25) is 0 Å². The maximum Gasteiger partial charge on any atom is 0.306 e. The molecule has 1 N–H and O–H groups in total. The van der Waals surface area contributed by atoms with E-state index in [4.69, 9.17) is 37.8 Å². The number of carboxylic acids is 1. The third-order valence-electron chi connectivity index (χ3n) is 3.20. The molecule has 1 aromatic carbocycles. The molecule has 0 aliphatic carbocycles. The predicted molar refractivity (Wildman–Crippen MR) is 80.4 cm³/mol. The molecule has 0 bridgehead atoms. The Morgan fingerprint density at radius 2 is 2.14 bits per heavy atom. The topological polar surface area (TPSA) is 59.0 Å². The van der Waals surface area contributed by atoms with Crippen molar-refractivity contribution in [2.75, 3.05) is 32.8 Å². The molecule has 7 heteroatoms. The van der Waals surface area contributed by atoms with Gasteiger partial charge in [-0.3, -0.25) is 9.69 Å². The van der Waals surface area contributed by atoms with E-state index in [1.54, 1.807) is 18.2 Å². The number of rotatable bonds is 6. The summed E-state index contributed by atoms with van der Waals surface area (Å²) < 4.78 is 11.0. The van der Waals surface area contributed by atoms with Gasteiger partial charge < -0.3 is 14.6 Å². The van der Waals surface area contributed by atoms with Crippen LogP contribution in [0.1, 0.15) is 6.42 Å². The lowest BCUT2D eigenvalue weighted by atomic mass is 10.2. The van der Waals surface area contributed by atoms with Crippen LogP contribution in [0.25, 0.3) is 0 Å². The van der Waals surface area contributed by atoms with E-state index < -0.39 is 5.97 Å². The summed E-state index contributed by atoms with van der Waals surface area (Å²) in [7, 11) is 0. The van der Waals surface area contributed by atoms with E-state index in [9.17, 15) is 4.79 Å². The molecular formula is C14H17Cl2NO4. The van der Waals surface area contributed by atoms with Crippen LogP contribution in [0.3, 0.4) is 0 Å². The molecule has 116 valence electrons. The zero-order valence-electron chi connectivity index (χ0n) is 11.4. The summed E-state index contributed by atoms with van der Waals surface area (Å²) in [5.41, 5.74) is 0. The Labute approximate surface area is 133 Å². The first-order valence-electron chi connectivity index (χ1n) is 6.69. The summed E-state index contributed by atoms with van der Waals surface area (Å²) in [6.07, 6.45) is -0.242. The summed E-state index contributed by atoms with van der Waals surface area (Å²) in [6.45, 7) is 2.98. The second-order valence-electron chi connectivity index (χ2n) is 4.79. The van der Waals surface area contributed by atoms with Crippen molar-refractivity contribution in [3.63, 3.8) is 0 Å². The van der Waals surface area contributed by atoms with Crippen LogP contribution in [0.4, 0.5) is 0 Å². The minimum absolute atomic E-state index is 0.0215. The summed E-state index contributed by atoms with van der Waals surface area (Å²) >= 11 is 12.0. The predicted octanol–water partition coefficient (Wildman–Crippen LogP) is 2.55. The van der Waals surface area contributed by atoms with Gasteiger partial charge in [0.05, 0.1) is 29.2 Å². The third-order valence-corrected chi connectivity index (χ3v) is 3.79. The molecule has 1 aromatic rings. The van der Waals surface area contributed by atoms with Crippen LogP contribution in [-0.2, 0) is 9.53 Å². The molecule has 1 saturated heterocycles. The molecule has 0 amide bonds. The Balaban J connectivity index is 1.79. The van der Waals surface area contributed by atoms with Crippen LogP contribution in [0.2, 0.25) is 10.0 Å². The number of morpholine rings is 1.